The van der Waals surface area contributed by atoms with Crippen molar-refractivity contribution in [3.05, 3.63) is 35.1 Å². The molecule has 0 saturated carbocycles. The van der Waals surface area contributed by atoms with Gasteiger partial charge in [-0.2, -0.15) is 8.78 Å². The van der Waals surface area contributed by atoms with Crippen molar-refractivity contribution in [3.8, 4) is 0 Å². The Hall–Kier alpha value is -1.90. The molecule has 0 unspecified atom stereocenters. The van der Waals surface area contributed by atoms with E-state index in [1.807, 2.05) is 0 Å². The molecule has 1 aliphatic heterocycles. The minimum Gasteiger partial charge on any atom is -0.386 e. The fraction of sp³-hybridized carbons (Fsp3) is 0.529. The molecule has 0 amide bonds. The van der Waals surface area contributed by atoms with E-state index >= 15 is 0 Å². The second-order valence-electron chi connectivity index (χ2n) is 7.34. The second-order valence-corrected chi connectivity index (χ2v) is 9.88. The molecule has 0 saturated heterocycles. The van der Waals surface area contributed by atoms with Crippen molar-refractivity contribution in [2.24, 2.45) is 10.7 Å². The van der Waals surface area contributed by atoms with Crippen LogP contribution in [0.3, 0.4) is 0 Å². The van der Waals surface area contributed by atoms with E-state index in [0.717, 1.165) is 6.07 Å². The lowest BCUT2D eigenvalue weighted by molar-refractivity contribution is -0.139. The van der Waals surface area contributed by atoms with Crippen LogP contribution >= 0.6 is 0 Å². The molecule has 1 atom stereocenters. The van der Waals surface area contributed by atoms with Gasteiger partial charge in [0.05, 0.1) is 5.75 Å². The van der Waals surface area contributed by atoms with Gasteiger partial charge in [-0.25, -0.2) is 12.8 Å². The number of nitrogens with two attached hydrogens (primary N) is 1. The van der Waals surface area contributed by atoms with Crippen molar-refractivity contribution in [3.63, 3.8) is 0 Å². The molecule has 0 radical (unpaired) electrons. The highest BCUT2D eigenvalue weighted by Crippen LogP contribution is 2.38. The van der Waals surface area contributed by atoms with Gasteiger partial charge in [0.1, 0.15) is 21.9 Å². The number of carbonyl (C=O) groups is 1. The van der Waals surface area contributed by atoms with E-state index in [4.69, 9.17) is 5.73 Å². The lowest BCUT2D eigenvalue weighted by atomic mass is 9.90. The molecule has 0 aromatic heterocycles. The van der Waals surface area contributed by atoms with E-state index in [2.05, 4.69) is 4.99 Å². The van der Waals surface area contributed by atoms with Crippen LogP contribution in [0.5, 0.6) is 0 Å². The predicted molar refractivity (Wildman–Crippen MR) is 92.6 cm³/mol. The van der Waals surface area contributed by atoms with Crippen LogP contribution in [0.25, 0.3) is 0 Å². The summed E-state index contributed by atoms with van der Waals surface area (Å²) in [6.45, 7) is 4.72. The zero-order chi connectivity index (χ0) is 20.1. The molecule has 1 heterocycles. The Labute approximate surface area is 150 Å². The number of benzene rings is 1. The van der Waals surface area contributed by atoms with Crippen LogP contribution in [0.4, 0.5) is 13.2 Å². The first-order chi connectivity index (χ1) is 11.6. The van der Waals surface area contributed by atoms with Crippen LogP contribution in [0, 0.1) is 5.82 Å². The van der Waals surface area contributed by atoms with E-state index in [-0.39, 0.29) is 17.0 Å². The fourth-order valence-electron chi connectivity index (χ4n) is 2.72. The van der Waals surface area contributed by atoms with Gasteiger partial charge in [0.25, 0.3) is 0 Å². The predicted octanol–water partition coefficient (Wildman–Crippen LogP) is 2.37. The molecular weight excluding hydrogens is 369 g/mol. The Bertz CT molecular complexity index is 889. The standard InChI is InChI=1S/C17H21F3N2O3S/c1-15(2)14(21)22-16(3,9-26(15,24)25)11-7-10(5-6-12(11)18)8-13(23)17(4,19)20/h5-7H,8-9H2,1-4H3,(H2,21,22)/t16-/m0/s1. The van der Waals surface area contributed by atoms with Crippen LogP contribution in [0.1, 0.15) is 38.8 Å². The third-order valence-electron chi connectivity index (χ3n) is 4.70. The zero-order valence-electron chi connectivity index (χ0n) is 14.9. The molecule has 0 aliphatic carbocycles. The van der Waals surface area contributed by atoms with E-state index in [9.17, 15) is 26.4 Å². The Morgan fingerprint density at radius 3 is 2.38 bits per heavy atom. The molecule has 5 nitrogen and oxygen atoms in total. The number of Topliss-reactive ketones (excluding diaryl/α,β-unsaturated/α-hetero) is 1. The number of halogens is 3. The highest BCUT2D eigenvalue weighted by Gasteiger charge is 2.49. The molecular formula is C17H21F3N2O3S. The summed E-state index contributed by atoms with van der Waals surface area (Å²) < 4.78 is 64.4. The van der Waals surface area contributed by atoms with Gasteiger partial charge < -0.3 is 5.73 Å². The molecule has 9 heteroatoms. The summed E-state index contributed by atoms with van der Waals surface area (Å²) in [4.78, 5) is 15.7. The molecule has 1 aliphatic rings. The summed E-state index contributed by atoms with van der Waals surface area (Å²) in [5.41, 5.74) is 4.34. The van der Waals surface area contributed by atoms with Gasteiger partial charge in [-0.05, 0) is 38.5 Å². The van der Waals surface area contributed by atoms with Crippen LogP contribution < -0.4 is 5.73 Å². The third kappa shape index (κ3) is 3.49. The normalized spacial score (nSPS) is 24.8. The second kappa shape index (κ2) is 6.07. The van der Waals surface area contributed by atoms with Gasteiger partial charge in [0.2, 0.25) is 5.78 Å². The highest BCUT2D eigenvalue weighted by molar-refractivity contribution is 7.93. The summed E-state index contributed by atoms with van der Waals surface area (Å²) in [5.74, 6) is -6.24. The van der Waals surface area contributed by atoms with Crippen LogP contribution in [-0.2, 0) is 26.6 Å². The Morgan fingerprint density at radius 1 is 1.31 bits per heavy atom. The molecule has 2 rings (SSSR count). The van der Waals surface area contributed by atoms with Gasteiger partial charge in [-0.15, -0.1) is 0 Å². The van der Waals surface area contributed by atoms with Crippen molar-refractivity contribution in [2.75, 3.05) is 5.75 Å². The van der Waals surface area contributed by atoms with Crippen molar-refractivity contribution >= 4 is 21.5 Å². The topological polar surface area (TPSA) is 89.6 Å². The summed E-state index contributed by atoms with van der Waals surface area (Å²) in [6, 6.07) is 3.42. The summed E-state index contributed by atoms with van der Waals surface area (Å²) in [7, 11) is -3.75. The average molecular weight is 390 g/mol. The maximum atomic E-state index is 14.4. The fourth-order valence-corrected chi connectivity index (χ4v) is 4.40. The molecule has 26 heavy (non-hydrogen) atoms. The van der Waals surface area contributed by atoms with Gasteiger partial charge in [-0.3, -0.25) is 9.79 Å². The molecule has 144 valence electrons. The number of aliphatic imine (C=N–C) groups is 1. The first-order valence-electron chi connectivity index (χ1n) is 7.88. The number of alkyl halides is 2. The third-order valence-corrected chi connectivity index (χ3v) is 7.40. The van der Waals surface area contributed by atoms with E-state index in [1.165, 1.54) is 32.9 Å². The van der Waals surface area contributed by atoms with Crippen molar-refractivity contribution in [1.82, 2.24) is 0 Å². The molecule has 0 bridgehead atoms. The number of carbonyl (C=O) groups excluding carboxylic acids is 1. The lowest BCUT2D eigenvalue weighted by Crippen LogP contribution is -2.55. The summed E-state index contributed by atoms with van der Waals surface area (Å²) in [5, 5.41) is 0. The Morgan fingerprint density at radius 2 is 1.88 bits per heavy atom. The van der Waals surface area contributed by atoms with Gasteiger partial charge in [0.15, 0.2) is 9.84 Å². The number of hydrogen-bond donors (Lipinski definition) is 1. The van der Waals surface area contributed by atoms with Crippen molar-refractivity contribution in [2.45, 2.75) is 50.3 Å². The minimum atomic E-state index is -3.75. The first kappa shape index (κ1) is 20.4. The molecule has 1 aromatic carbocycles. The number of amidine groups is 1. The number of nitrogens with zero attached hydrogens (tertiary/aromatic N) is 1. The maximum absolute atomic E-state index is 14.4. The minimum absolute atomic E-state index is 0.107. The monoisotopic (exact) mass is 390 g/mol. The summed E-state index contributed by atoms with van der Waals surface area (Å²) >= 11 is 0. The van der Waals surface area contributed by atoms with Gasteiger partial charge in [-0.1, -0.05) is 6.07 Å². The average Bonchev–Trinajstić information content (AvgIpc) is 2.45. The molecule has 2 N–H and O–H groups in total. The van der Waals surface area contributed by atoms with Crippen LogP contribution in [0.15, 0.2) is 23.2 Å². The maximum Gasteiger partial charge on any atom is 0.302 e. The van der Waals surface area contributed by atoms with E-state index in [0.29, 0.717) is 6.92 Å². The van der Waals surface area contributed by atoms with E-state index in [1.54, 1.807) is 0 Å². The molecule has 1 aromatic rings. The summed E-state index contributed by atoms with van der Waals surface area (Å²) in [6.07, 6.45) is -0.607. The van der Waals surface area contributed by atoms with Gasteiger partial charge in [0, 0.05) is 18.9 Å². The van der Waals surface area contributed by atoms with Crippen LogP contribution in [-0.4, -0.2) is 36.5 Å². The smallest absolute Gasteiger partial charge is 0.302 e. The number of rotatable bonds is 4. The Kier molecular flexibility index (Phi) is 4.77. The highest BCUT2D eigenvalue weighted by atomic mass is 32.2. The van der Waals surface area contributed by atoms with Crippen molar-refractivity contribution < 1.29 is 26.4 Å². The van der Waals surface area contributed by atoms with Gasteiger partial charge >= 0.3 is 5.92 Å². The number of sulfone groups is 1. The Balaban J connectivity index is 2.53. The first-order valence-corrected chi connectivity index (χ1v) is 9.53. The van der Waals surface area contributed by atoms with Crippen LogP contribution in [0.2, 0.25) is 0 Å². The largest absolute Gasteiger partial charge is 0.386 e. The zero-order valence-corrected chi connectivity index (χ0v) is 15.8. The van der Waals surface area contributed by atoms with E-state index < -0.39 is 49.8 Å². The number of hydrogen-bond acceptors (Lipinski definition) is 5. The van der Waals surface area contributed by atoms with Crippen molar-refractivity contribution in [1.29, 1.82) is 0 Å². The quantitative estimate of drug-likeness (QED) is 0.855. The lowest BCUT2D eigenvalue weighted by Gasteiger charge is -2.38. The SMILES string of the molecule is CC(F)(F)C(=O)Cc1ccc(F)c([C@]2(C)CS(=O)(=O)C(C)(C)C(N)=N2)c1. The number of ketones is 1. The molecule has 0 spiro atoms. The molecule has 0 fully saturated rings.